The molecule has 3 rings (SSSR count). The van der Waals surface area contributed by atoms with Crippen LogP contribution in [0.25, 0.3) is 0 Å². The molecule has 29 heavy (non-hydrogen) atoms. The zero-order valence-electron chi connectivity index (χ0n) is 17.9. The minimum atomic E-state index is 0.0825. The molecule has 1 aromatic rings. The van der Waals surface area contributed by atoms with Crippen LogP contribution in [0, 0.1) is 5.92 Å². The molecule has 3 heterocycles. The fourth-order valence-electron chi connectivity index (χ4n) is 4.66. The second-order valence-electron chi connectivity index (χ2n) is 8.28. The van der Waals surface area contributed by atoms with Crippen LogP contribution in [0.4, 0.5) is 0 Å². The Morgan fingerprint density at radius 3 is 2.76 bits per heavy atom. The van der Waals surface area contributed by atoms with E-state index in [-0.39, 0.29) is 5.91 Å². The second kappa shape index (κ2) is 11.3. The predicted molar refractivity (Wildman–Crippen MR) is 116 cm³/mol. The summed E-state index contributed by atoms with van der Waals surface area (Å²) in [5.41, 5.74) is 0.642. The van der Waals surface area contributed by atoms with Crippen molar-refractivity contribution in [1.29, 1.82) is 0 Å². The van der Waals surface area contributed by atoms with E-state index < -0.39 is 0 Å². The molecule has 6 nitrogen and oxygen atoms in total. The van der Waals surface area contributed by atoms with E-state index in [1.54, 1.807) is 25.4 Å². The third-order valence-electron chi connectivity index (χ3n) is 6.39. The van der Waals surface area contributed by atoms with Gasteiger partial charge in [0.05, 0.1) is 6.61 Å². The summed E-state index contributed by atoms with van der Waals surface area (Å²) in [4.78, 5) is 24.4. The van der Waals surface area contributed by atoms with Crippen LogP contribution in [-0.4, -0.2) is 91.2 Å². The van der Waals surface area contributed by atoms with Gasteiger partial charge in [0, 0.05) is 44.5 Å². The van der Waals surface area contributed by atoms with Gasteiger partial charge in [0.2, 0.25) is 0 Å². The largest absolute Gasteiger partial charge is 0.383 e. The monoisotopic (exact) mass is 422 g/mol. The van der Waals surface area contributed by atoms with Gasteiger partial charge in [-0.15, -0.1) is 0 Å². The number of amides is 1. The third-order valence-corrected chi connectivity index (χ3v) is 6.60. The summed E-state index contributed by atoms with van der Waals surface area (Å²) in [7, 11) is 1.75. The Balaban J connectivity index is 1.65. The second-order valence-corrected chi connectivity index (χ2v) is 8.67. The highest BCUT2D eigenvalue weighted by Gasteiger charge is 2.30. The van der Waals surface area contributed by atoms with E-state index in [1.165, 1.54) is 12.8 Å². The fraction of sp³-hybridized carbons (Fsp3) is 0.727. The summed E-state index contributed by atoms with van der Waals surface area (Å²) in [5.74, 6) is 0.630. The first-order valence-electron chi connectivity index (χ1n) is 11.0. The van der Waals surface area contributed by atoms with Crippen LogP contribution in [0.1, 0.15) is 43.0 Å². The minimum Gasteiger partial charge on any atom is -0.383 e. The number of likely N-dealkylation sites (N-methyl/N-ethyl adjacent to an activating group) is 1. The number of pyridine rings is 1. The molecule has 0 aromatic carbocycles. The number of halogens is 1. The van der Waals surface area contributed by atoms with Gasteiger partial charge in [-0.05, 0) is 69.9 Å². The van der Waals surface area contributed by atoms with Crippen molar-refractivity contribution in [1.82, 2.24) is 19.7 Å². The third kappa shape index (κ3) is 6.38. The Bertz CT molecular complexity index is 651. The number of aromatic nitrogens is 1. The molecule has 162 valence electrons. The van der Waals surface area contributed by atoms with Crippen molar-refractivity contribution in [3.05, 3.63) is 29.0 Å². The van der Waals surface area contributed by atoms with Gasteiger partial charge in [-0.25, -0.2) is 4.98 Å². The quantitative estimate of drug-likeness (QED) is 0.572. The topological polar surface area (TPSA) is 48.9 Å². The molecule has 0 aliphatic carbocycles. The molecule has 1 unspecified atom stereocenters. The van der Waals surface area contributed by atoms with E-state index >= 15 is 0 Å². The van der Waals surface area contributed by atoms with E-state index in [0.29, 0.717) is 22.7 Å². The number of likely N-dealkylation sites (tertiary alicyclic amines) is 2. The molecule has 0 bridgehead atoms. The van der Waals surface area contributed by atoms with Crippen LogP contribution in [-0.2, 0) is 4.74 Å². The van der Waals surface area contributed by atoms with Gasteiger partial charge in [-0.1, -0.05) is 18.5 Å². The molecule has 0 saturated carbocycles. The Morgan fingerprint density at radius 1 is 1.28 bits per heavy atom. The Morgan fingerprint density at radius 2 is 2.07 bits per heavy atom. The maximum absolute atomic E-state index is 13.4. The average molecular weight is 423 g/mol. The number of ether oxygens (including phenoxy) is 1. The standard InChI is InChI=1S/C22H35ClN4O2/c1-3-26-10-4-5-20(26)17-27(22(28)19-6-9-24-21(23)15-19)16-18-7-11-25(12-8-18)13-14-29-2/h6,9,15,18,20H,3-5,7-8,10-14,16-17H2,1-2H3. The van der Waals surface area contributed by atoms with Crippen molar-refractivity contribution in [2.24, 2.45) is 5.92 Å². The van der Waals surface area contributed by atoms with E-state index in [9.17, 15) is 4.79 Å². The highest BCUT2D eigenvalue weighted by molar-refractivity contribution is 6.29. The molecule has 0 N–H and O–H groups in total. The van der Waals surface area contributed by atoms with Crippen molar-refractivity contribution in [2.75, 3.05) is 59.5 Å². The average Bonchev–Trinajstić information content (AvgIpc) is 3.19. The normalized spacial score (nSPS) is 21.6. The summed E-state index contributed by atoms with van der Waals surface area (Å²) in [5, 5.41) is 0.373. The minimum absolute atomic E-state index is 0.0825. The number of carbonyl (C=O) groups excluding carboxylic acids is 1. The van der Waals surface area contributed by atoms with Crippen LogP contribution < -0.4 is 0 Å². The van der Waals surface area contributed by atoms with Gasteiger partial charge in [0.25, 0.3) is 5.91 Å². The van der Waals surface area contributed by atoms with Gasteiger partial charge in [-0.2, -0.15) is 0 Å². The number of piperidine rings is 1. The van der Waals surface area contributed by atoms with E-state index in [2.05, 4.69) is 26.6 Å². The molecule has 0 radical (unpaired) electrons. The maximum atomic E-state index is 13.4. The lowest BCUT2D eigenvalue weighted by Crippen LogP contribution is -2.46. The molecule has 0 spiro atoms. The van der Waals surface area contributed by atoms with Crippen LogP contribution in [0.15, 0.2) is 18.3 Å². The van der Waals surface area contributed by atoms with Gasteiger partial charge < -0.3 is 14.5 Å². The summed E-state index contributed by atoms with van der Waals surface area (Å²) in [6.07, 6.45) is 6.28. The number of hydrogen-bond acceptors (Lipinski definition) is 5. The first-order valence-corrected chi connectivity index (χ1v) is 11.3. The molecular weight excluding hydrogens is 388 g/mol. The zero-order chi connectivity index (χ0) is 20.6. The SMILES string of the molecule is CCN1CCCC1CN(CC1CCN(CCOC)CC1)C(=O)c1ccnc(Cl)c1. The van der Waals surface area contributed by atoms with Gasteiger partial charge >= 0.3 is 0 Å². The lowest BCUT2D eigenvalue weighted by atomic mass is 9.95. The molecule has 2 aliphatic heterocycles. The smallest absolute Gasteiger partial charge is 0.254 e. The number of rotatable bonds is 9. The maximum Gasteiger partial charge on any atom is 0.254 e. The highest BCUT2D eigenvalue weighted by Crippen LogP contribution is 2.23. The van der Waals surface area contributed by atoms with Crippen molar-refractivity contribution in [3.8, 4) is 0 Å². The summed E-state index contributed by atoms with van der Waals surface area (Å²) in [6.45, 7) is 9.98. The Kier molecular flexibility index (Phi) is 8.72. The van der Waals surface area contributed by atoms with Crippen molar-refractivity contribution in [3.63, 3.8) is 0 Å². The first-order chi connectivity index (χ1) is 14.1. The molecular formula is C22H35ClN4O2. The first kappa shape index (κ1) is 22.5. The summed E-state index contributed by atoms with van der Waals surface area (Å²) in [6, 6.07) is 3.93. The number of nitrogens with zero attached hydrogens (tertiary/aromatic N) is 4. The number of methoxy groups -OCH3 is 1. The molecule has 1 aromatic heterocycles. The number of hydrogen-bond donors (Lipinski definition) is 0. The van der Waals surface area contributed by atoms with Gasteiger partial charge in [0.15, 0.2) is 0 Å². The van der Waals surface area contributed by atoms with Crippen LogP contribution in [0.5, 0.6) is 0 Å². The van der Waals surface area contributed by atoms with Crippen molar-refractivity contribution < 1.29 is 9.53 Å². The highest BCUT2D eigenvalue weighted by atomic mass is 35.5. The van der Waals surface area contributed by atoms with Gasteiger partial charge in [-0.3, -0.25) is 9.69 Å². The van der Waals surface area contributed by atoms with E-state index in [4.69, 9.17) is 16.3 Å². The molecule has 2 aliphatic rings. The summed E-state index contributed by atoms with van der Waals surface area (Å²) >= 11 is 6.05. The zero-order valence-corrected chi connectivity index (χ0v) is 18.6. The number of carbonyl (C=O) groups is 1. The molecule has 2 fully saturated rings. The van der Waals surface area contributed by atoms with Crippen molar-refractivity contribution in [2.45, 2.75) is 38.6 Å². The molecule has 2 saturated heterocycles. The van der Waals surface area contributed by atoms with Crippen LogP contribution in [0.2, 0.25) is 5.15 Å². The summed E-state index contributed by atoms with van der Waals surface area (Å²) < 4.78 is 5.21. The Hall–Kier alpha value is -1.21. The van der Waals surface area contributed by atoms with Crippen LogP contribution in [0.3, 0.4) is 0 Å². The van der Waals surface area contributed by atoms with Gasteiger partial charge in [0.1, 0.15) is 5.15 Å². The van der Waals surface area contributed by atoms with Crippen LogP contribution >= 0.6 is 11.6 Å². The lowest BCUT2D eigenvalue weighted by Gasteiger charge is -2.36. The molecule has 7 heteroatoms. The molecule has 1 amide bonds. The van der Waals surface area contributed by atoms with E-state index in [1.807, 2.05) is 0 Å². The van der Waals surface area contributed by atoms with Crippen molar-refractivity contribution >= 4 is 17.5 Å². The lowest BCUT2D eigenvalue weighted by molar-refractivity contribution is 0.0616. The predicted octanol–water partition coefficient (Wildman–Crippen LogP) is 3.02. The molecule has 1 atom stereocenters. The van der Waals surface area contributed by atoms with E-state index in [0.717, 1.165) is 65.3 Å². The fourth-order valence-corrected chi connectivity index (χ4v) is 4.83. The Labute approximate surface area is 180 Å².